The Morgan fingerprint density at radius 2 is 1.90 bits per heavy atom. The molecule has 2 aliphatic rings. The van der Waals surface area contributed by atoms with Crippen molar-refractivity contribution < 1.29 is 19.1 Å². The highest BCUT2D eigenvalue weighted by Crippen LogP contribution is 2.41. The zero-order valence-corrected chi connectivity index (χ0v) is 16.5. The van der Waals surface area contributed by atoms with Crippen molar-refractivity contribution in [2.24, 2.45) is 5.41 Å². The minimum Gasteiger partial charge on any atom is -0.478 e. The van der Waals surface area contributed by atoms with Gasteiger partial charge in [-0.05, 0) is 61.4 Å². The van der Waals surface area contributed by atoms with Crippen LogP contribution in [-0.4, -0.2) is 62.9 Å². The molecular formula is C21H25FN4O3. The SMILES string of the molecule is Cc1cc(F)cc(CN2CCC3(CCN(C(=O)n4cc(C(=O)O)cn4)CC3)C2)c1. The largest absolute Gasteiger partial charge is 0.478 e. The number of carboxylic acid groups (broad SMARTS) is 1. The zero-order valence-electron chi connectivity index (χ0n) is 16.5. The molecule has 0 unspecified atom stereocenters. The van der Waals surface area contributed by atoms with Crippen molar-refractivity contribution in [3.63, 3.8) is 0 Å². The number of carboxylic acids is 1. The first-order valence-electron chi connectivity index (χ1n) is 9.89. The van der Waals surface area contributed by atoms with Crippen molar-refractivity contribution in [1.82, 2.24) is 19.6 Å². The van der Waals surface area contributed by atoms with Crippen LogP contribution in [0.2, 0.25) is 0 Å². The molecule has 1 spiro atoms. The molecule has 1 aromatic carbocycles. The third-order valence-electron chi connectivity index (χ3n) is 6.15. The molecule has 2 fully saturated rings. The van der Waals surface area contributed by atoms with Crippen molar-refractivity contribution in [2.75, 3.05) is 26.2 Å². The van der Waals surface area contributed by atoms with Crippen LogP contribution in [0.1, 0.15) is 40.7 Å². The summed E-state index contributed by atoms with van der Waals surface area (Å²) in [6.45, 7) is 5.85. The van der Waals surface area contributed by atoms with Crippen molar-refractivity contribution in [3.8, 4) is 0 Å². The summed E-state index contributed by atoms with van der Waals surface area (Å²) >= 11 is 0. The van der Waals surface area contributed by atoms with Crippen LogP contribution in [0.4, 0.5) is 9.18 Å². The number of carbonyl (C=O) groups is 2. The number of benzene rings is 1. The lowest BCUT2D eigenvalue weighted by molar-refractivity contribution is 0.0697. The zero-order chi connectivity index (χ0) is 20.6. The summed E-state index contributed by atoms with van der Waals surface area (Å²) in [6, 6.07) is 4.90. The van der Waals surface area contributed by atoms with Gasteiger partial charge in [-0.15, -0.1) is 0 Å². The highest BCUT2D eigenvalue weighted by molar-refractivity contribution is 5.88. The number of nitrogens with zero attached hydrogens (tertiary/aromatic N) is 4. The predicted octanol–water partition coefficient (Wildman–Crippen LogP) is 2.99. The van der Waals surface area contributed by atoms with Crippen LogP contribution in [0.15, 0.2) is 30.6 Å². The number of likely N-dealkylation sites (tertiary alicyclic amines) is 2. The lowest BCUT2D eigenvalue weighted by atomic mass is 9.78. The normalized spacial score (nSPS) is 19.0. The number of hydrogen-bond acceptors (Lipinski definition) is 4. The molecular weight excluding hydrogens is 375 g/mol. The van der Waals surface area contributed by atoms with E-state index in [9.17, 15) is 14.0 Å². The van der Waals surface area contributed by atoms with Gasteiger partial charge in [-0.2, -0.15) is 9.78 Å². The van der Waals surface area contributed by atoms with Gasteiger partial charge >= 0.3 is 12.0 Å². The van der Waals surface area contributed by atoms with E-state index in [1.54, 1.807) is 17.0 Å². The van der Waals surface area contributed by atoms with Crippen molar-refractivity contribution in [3.05, 3.63) is 53.1 Å². The average molecular weight is 400 g/mol. The summed E-state index contributed by atoms with van der Waals surface area (Å²) in [5, 5.41) is 12.9. The fourth-order valence-corrected chi connectivity index (χ4v) is 4.59. The van der Waals surface area contributed by atoms with E-state index in [0.29, 0.717) is 13.1 Å². The standard InChI is InChI=1S/C21H25FN4O3/c1-15-8-16(10-18(22)9-15)12-24-5-2-21(14-24)3-6-25(7-4-21)20(29)26-13-17(11-23-26)19(27)28/h8-11,13H,2-7,12,14H2,1H3,(H,27,28). The maximum atomic E-state index is 13.7. The van der Waals surface area contributed by atoms with Gasteiger partial charge in [-0.25, -0.2) is 14.0 Å². The quantitative estimate of drug-likeness (QED) is 0.857. The lowest BCUT2D eigenvalue weighted by Crippen LogP contribution is -2.45. The Morgan fingerprint density at radius 1 is 1.17 bits per heavy atom. The maximum Gasteiger partial charge on any atom is 0.344 e. The predicted molar refractivity (Wildman–Crippen MR) is 104 cm³/mol. The third kappa shape index (κ3) is 4.17. The van der Waals surface area contributed by atoms with Crippen LogP contribution in [0.25, 0.3) is 0 Å². The number of piperidine rings is 1. The second-order valence-corrected chi connectivity index (χ2v) is 8.35. The van der Waals surface area contributed by atoms with E-state index in [2.05, 4.69) is 10.00 Å². The first-order valence-corrected chi connectivity index (χ1v) is 9.89. The van der Waals surface area contributed by atoms with Gasteiger partial charge in [0, 0.05) is 26.2 Å². The number of amides is 1. The van der Waals surface area contributed by atoms with E-state index < -0.39 is 5.97 Å². The van der Waals surface area contributed by atoms with Gasteiger partial charge in [-0.1, -0.05) is 6.07 Å². The van der Waals surface area contributed by atoms with Gasteiger partial charge in [0.15, 0.2) is 0 Å². The molecule has 2 aromatic rings. The third-order valence-corrected chi connectivity index (χ3v) is 6.15. The van der Waals surface area contributed by atoms with Crippen LogP contribution in [0, 0.1) is 18.2 Å². The molecule has 29 heavy (non-hydrogen) atoms. The molecule has 0 radical (unpaired) electrons. The van der Waals surface area contributed by atoms with E-state index in [1.165, 1.54) is 12.4 Å². The molecule has 0 atom stereocenters. The van der Waals surface area contributed by atoms with E-state index in [1.807, 2.05) is 13.0 Å². The van der Waals surface area contributed by atoms with E-state index >= 15 is 0 Å². The number of aromatic nitrogens is 2. The second kappa shape index (κ2) is 7.59. The van der Waals surface area contributed by atoms with Gasteiger partial charge in [0.1, 0.15) is 5.82 Å². The summed E-state index contributed by atoms with van der Waals surface area (Å²) in [4.78, 5) is 27.7. The minimum atomic E-state index is -1.10. The average Bonchev–Trinajstić information content (AvgIpc) is 3.29. The van der Waals surface area contributed by atoms with Gasteiger partial charge in [-0.3, -0.25) is 4.90 Å². The molecule has 1 amide bonds. The minimum absolute atomic E-state index is 0.00542. The second-order valence-electron chi connectivity index (χ2n) is 8.35. The molecule has 0 bridgehead atoms. The lowest BCUT2D eigenvalue weighted by Gasteiger charge is -2.39. The molecule has 2 saturated heterocycles. The Kier molecular flexibility index (Phi) is 5.12. The Morgan fingerprint density at radius 3 is 2.55 bits per heavy atom. The first kappa shape index (κ1) is 19.6. The van der Waals surface area contributed by atoms with E-state index in [4.69, 9.17) is 5.11 Å². The highest BCUT2D eigenvalue weighted by atomic mass is 19.1. The van der Waals surface area contributed by atoms with Gasteiger partial charge in [0.25, 0.3) is 0 Å². The van der Waals surface area contributed by atoms with Crippen molar-refractivity contribution in [2.45, 2.75) is 32.7 Å². The summed E-state index contributed by atoms with van der Waals surface area (Å²) < 4.78 is 14.8. The van der Waals surface area contributed by atoms with Crippen LogP contribution in [0.5, 0.6) is 0 Å². The Hall–Kier alpha value is -2.74. The molecule has 3 heterocycles. The monoisotopic (exact) mass is 400 g/mol. The number of aromatic carboxylic acids is 1. The fraction of sp³-hybridized carbons (Fsp3) is 0.476. The molecule has 7 nitrogen and oxygen atoms in total. The Balaban J connectivity index is 1.34. The van der Waals surface area contributed by atoms with Crippen molar-refractivity contribution in [1.29, 1.82) is 0 Å². The van der Waals surface area contributed by atoms with Crippen LogP contribution >= 0.6 is 0 Å². The van der Waals surface area contributed by atoms with Gasteiger partial charge in [0.05, 0.1) is 18.0 Å². The fourth-order valence-electron chi connectivity index (χ4n) is 4.59. The molecule has 154 valence electrons. The molecule has 1 N–H and O–H groups in total. The smallest absolute Gasteiger partial charge is 0.344 e. The first-order chi connectivity index (χ1) is 13.8. The highest BCUT2D eigenvalue weighted by Gasteiger charge is 2.41. The topological polar surface area (TPSA) is 78.7 Å². The number of carbonyl (C=O) groups excluding carboxylic acids is 1. The number of hydrogen-bond donors (Lipinski definition) is 1. The summed E-state index contributed by atoms with van der Waals surface area (Å²) in [5.41, 5.74) is 2.13. The van der Waals surface area contributed by atoms with Gasteiger partial charge in [0.2, 0.25) is 0 Å². The summed E-state index contributed by atoms with van der Waals surface area (Å²) in [5.74, 6) is -1.29. The molecule has 0 saturated carbocycles. The molecule has 8 heteroatoms. The summed E-state index contributed by atoms with van der Waals surface area (Å²) in [7, 11) is 0. The molecule has 1 aromatic heterocycles. The van der Waals surface area contributed by atoms with Crippen LogP contribution in [-0.2, 0) is 6.54 Å². The number of aryl methyl sites for hydroxylation is 1. The number of rotatable bonds is 3. The molecule has 0 aliphatic carbocycles. The Labute approximate surface area is 168 Å². The van der Waals surface area contributed by atoms with E-state index in [-0.39, 0.29) is 22.8 Å². The van der Waals surface area contributed by atoms with E-state index in [0.717, 1.165) is 54.7 Å². The maximum absolute atomic E-state index is 13.7. The molecule has 4 rings (SSSR count). The van der Waals surface area contributed by atoms with Crippen molar-refractivity contribution >= 4 is 12.0 Å². The Bertz CT molecular complexity index is 914. The van der Waals surface area contributed by atoms with Gasteiger partial charge < -0.3 is 10.0 Å². The molecule has 2 aliphatic heterocycles. The summed E-state index contributed by atoms with van der Waals surface area (Å²) in [6.07, 6.45) is 5.34. The number of halogens is 1. The van der Waals surface area contributed by atoms with Crippen LogP contribution in [0.3, 0.4) is 0 Å². The van der Waals surface area contributed by atoms with Crippen LogP contribution < -0.4 is 0 Å².